The maximum atomic E-state index is 8.06. The molecule has 78 valence electrons. The summed E-state index contributed by atoms with van der Waals surface area (Å²) in [6.45, 7) is 6.89. The highest BCUT2D eigenvalue weighted by Gasteiger charge is 1.69. The van der Waals surface area contributed by atoms with Crippen LogP contribution in [0.3, 0.4) is 0 Å². The van der Waals surface area contributed by atoms with E-state index >= 15 is 0 Å². The van der Waals surface area contributed by atoms with Crippen molar-refractivity contribution in [3.8, 4) is 0 Å². The zero-order chi connectivity index (χ0) is 10.7. The van der Waals surface area contributed by atoms with E-state index in [0.29, 0.717) is 0 Å². The van der Waals surface area contributed by atoms with Gasteiger partial charge < -0.3 is 10.2 Å². The summed E-state index contributed by atoms with van der Waals surface area (Å²) in [7, 11) is 0. The quantitative estimate of drug-likeness (QED) is 0.671. The molecule has 0 spiro atoms. The van der Waals surface area contributed by atoms with Crippen LogP contribution in [0, 0.1) is 0 Å². The van der Waals surface area contributed by atoms with Crippen molar-refractivity contribution in [1.82, 2.24) is 9.59 Å². The lowest BCUT2D eigenvalue weighted by Crippen LogP contribution is -1.85. The molecule has 0 atom stereocenters. The fourth-order valence-electron chi connectivity index (χ4n) is 0.136. The van der Waals surface area contributed by atoms with Crippen molar-refractivity contribution in [3.05, 3.63) is 11.6 Å². The van der Waals surface area contributed by atoms with Crippen LogP contribution in [0.2, 0.25) is 0 Å². The molecule has 1 aromatic rings. The summed E-state index contributed by atoms with van der Waals surface area (Å²) < 4.78 is 3.51. The second-order valence-corrected chi connectivity index (χ2v) is 3.42. The number of aliphatic hydroxyl groups excluding tert-OH is 2. The van der Waals surface area contributed by atoms with Crippen molar-refractivity contribution in [2.75, 3.05) is 0 Å². The van der Waals surface area contributed by atoms with Gasteiger partial charge in [0.05, 0.1) is 6.20 Å². The lowest BCUT2D eigenvalue weighted by atomic mass is 10.5. The van der Waals surface area contributed by atoms with E-state index in [-0.39, 0.29) is 12.2 Å². The van der Waals surface area contributed by atoms with E-state index in [1.165, 1.54) is 11.5 Å². The topological polar surface area (TPSA) is 66.2 Å². The SMILES string of the molecule is CC(C)O.CC(C)O.c1csnn1. The molecular weight excluding hydrogens is 188 g/mol. The van der Waals surface area contributed by atoms with E-state index in [1.807, 2.05) is 5.38 Å². The monoisotopic (exact) mass is 206 g/mol. The molecule has 0 saturated heterocycles. The smallest absolute Gasteiger partial charge is 0.0620 e. The molecule has 5 heteroatoms. The summed E-state index contributed by atoms with van der Waals surface area (Å²) >= 11 is 1.35. The number of rotatable bonds is 0. The van der Waals surface area contributed by atoms with Crippen LogP contribution in [-0.2, 0) is 0 Å². The summed E-state index contributed by atoms with van der Waals surface area (Å²) in [5.74, 6) is 0. The van der Waals surface area contributed by atoms with E-state index in [0.717, 1.165) is 0 Å². The summed E-state index contributed by atoms with van der Waals surface area (Å²) in [4.78, 5) is 0. The van der Waals surface area contributed by atoms with Gasteiger partial charge in [-0.3, -0.25) is 0 Å². The maximum absolute atomic E-state index is 8.06. The third kappa shape index (κ3) is 51.4. The van der Waals surface area contributed by atoms with Crippen LogP contribution in [0.25, 0.3) is 0 Å². The normalized spacial score (nSPS) is 8.62. The molecule has 0 radical (unpaired) electrons. The summed E-state index contributed by atoms with van der Waals surface area (Å²) in [5, 5.41) is 21.4. The molecule has 0 saturated carbocycles. The van der Waals surface area contributed by atoms with Crippen LogP contribution >= 0.6 is 11.5 Å². The predicted molar refractivity (Wildman–Crippen MR) is 54.6 cm³/mol. The Morgan fingerprint density at radius 3 is 1.54 bits per heavy atom. The summed E-state index contributed by atoms with van der Waals surface area (Å²) in [6, 6.07) is 0. The van der Waals surface area contributed by atoms with Crippen LogP contribution in [0.1, 0.15) is 27.7 Å². The third-order valence-electron chi connectivity index (χ3n) is 0.283. The zero-order valence-corrected chi connectivity index (χ0v) is 9.32. The Hall–Kier alpha value is -0.520. The van der Waals surface area contributed by atoms with E-state index in [4.69, 9.17) is 10.2 Å². The van der Waals surface area contributed by atoms with E-state index in [2.05, 4.69) is 9.59 Å². The number of aliphatic hydroxyl groups is 2. The number of nitrogens with zero attached hydrogens (tertiary/aromatic N) is 2. The molecule has 1 aromatic heterocycles. The van der Waals surface area contributed by atoms with Gasteiger partial charge in [-0.1, -0.05) is 4.49 Å². The minimum atomic E-state index is -0.167. The molecule has 0 fully saturated rings. The molecule has 13 heavy (non-hydrogen) atoms. The number of hydrogen-bond donors (Lipinski definition) is 2. The number of hydrogen-bond acceptors (Lipinski definition) is 5. The first-order valence-corrected chi connectivity index (χ1v) is 4.87. The fraction of sp³-hybridized carbons (Fsp3) is 0.750. The Morgan fingerprint density at radius 1 is 1.08 bits per heavy atom. The maximum Gasteiger partial charge on any atom is 0.0620 e. The molecule has 1 heterocycles. The highest BCUT2D eigenvalue weighted by molar-refractivity contribution is 7.03. The van der Waals surface area contributed by atoms with Crippen LogP contribution < -0.4 is 0 Å². The van der Waals surface area contributed by atoms with Crippen molar-refractivity contribution in [2.45, 2.75) is 39.9 Å². The van der Waals surface area contributed by atoms with E-state index < -0.39 is 0 Å². The van der Waals surface area contributed by atoms with Gasteiger partial charge in [0.15, 0.2) is 0 Å². The van der Waals surface area contributed by atoms with Crippen LogP contribution in [-0.4, -0.2) is 32.0 Å². The molecule has 4 nitrogen and oxygen atoms in total. The minimum Gasteiger partial charge on any atom is -0.394 e. The van der Waals surface area contributed by atoms with Crippen molar-refractivity contribution in [3.63, 3.8) is 0 Å². The first kappa shape index (κ1) is 15.0. The van der Waals surface area contributed by atoms with Gasteiger partial charge in [-0.25, -0.2) is 0 Å². The molecule has 0 amide bonds. The largest absolute Gasteiger partial charge is 0.394 e. The molecular formula is C8H18N2O2S. The summed E-state index contributed by atoms with van der Waals surface area (Å²) in [5.41, 5.74) is 0. The van der Waals surface area contributed by atoms with Gasteiger partial charge in [-0.15, -0.1) is 5.10 Å². The van der Waals surface area contributed by atoms with E-state index in [9.17, 15) is 0 Å². The van der Waals surface area contributed by atoms with Crippen molar-refractivity contribution < 1.29 is 10.2 Å². The molecule has 0 aliphatic heterocycles. The van der Waals surface area contributed by atoms with Gasteiger partial charge >= 0.3 is 0 Å². The van der Waals surface area contributed by atoms with Crippen LogP contribution in [0.4, 0.5) is 0 Å². The molecule has 2 N–H and O–H groups in total. The average molecular weight is 206 g/mol. The first-order chi connectivity index (χ1) is 5.96. The minimum absolute atomic E-state index is 0.167. The second kappa shape index (κ2) is 11.5. The first-order valence-electron chi connectivity index (χ1n) is 4.04. The lowest BCUT2D eigenvalue weighted by molar-refractivity contribution is 0.215. The fourth-order valence-corrected chi connectivity index (χ4v) is 0.408. The van der Waals surface area contributed by atoms with Gasteiger partial charge in [-0.05, 0) is 39.2 Å². The Labute approximate surface area is 83.4 Å². The Kier molecular flexibility index (Phi) is 13.2. The van der Waals surface area contributed by atoms with Crippen LogP contribution in [0.5, 0.6) is 0 Å². The molecule has 0 aliphatic carbocycles. The van der Waals surface area contributed by atoms with Crippen molar-refractivity contribution >= 4 is 11.5 Å². The molecule has 0 aromatic carbocycles. The second-order valence-electron chi connectivity index (χ2n) is 2.78. The lowest BCUT2D eigenvalue weighted by Gasteiger charge is -1.80. The Morgan fingerprint density at radius 2 is 1.46 bits per heavy atom. The predicted octanol–water partition coefficient (Wildman–Crippen LogP) is 1.31. The van der Waals surface area contributed by atoms with Gasteiger partial charge in [0.1, 0.15) is 0 Å². The number of aromatic nitrogens is 2. The van der Waals surface area contributed by atoms with Crippen LogP contribution in [0.15, 0.2) is 11.6 Å². The average Bonchev–Trinajstić information content (AvgIpc) is 2.35. The zero-order valence-electron chi connectivity index (χ0n) is 8.51. The van der Waals surface area contributed by atoms with Gasteiger partial charge in [0.25, 0.3) is 0 Å². The summed E-state index contributed by atoms with van der Waals surface area (Å²) in [6.07, 6.45) is 1.32. The van der Waals surface area contributed by atoms with E-state index in [1.54, 1.807) is 33.9 Å². The molecule has 0 unspecified atom stereocenters. The Bertz CT molecular complexity index is 126. The molecule has 1 rings (SSSR count). The van der Waals surface area contributed by atoms with Gasteiger partial charge in [0.2, 0.25) is 0 Å². The van der Waals surface area contributed by atoms with Crippen molar-refractivity contribution in [2.24, 2.45) is 0 Å². The van der Waals surface area contributed by atoms with Crippen molar-refractivity contribution in [1.29, 1.82) is 0 Å². The van der Waals surface area contributed by atoms with Gasteiger partial charge in [-0.2, -0.15) is 0 Å². The third-order valence-corrected chi connectivity index (χ3v) is 0.715. The molecule has 0 aliphatic rings. The van der Waals surface area contributed by atoms with Gasteiger partial charge in [0, 0.05) is 17.6 Å². The molecule has 0 bridgehead atoms. The highest BCUT2D eigenvalue weighted by atomic mass is 32.1. The Balaban J connectivity index is 0. The standard InChI is InChI=1S/2C3H8O.C2H2N2S/c2*1-3(2)4;1-2-5-4-3-1/h2*3-4H,1-2H3;1-2H. The highest BCUT2D eigenvalue weighted by Crippen LogP contribution is 1.78.